The van der Waals surface area contributed by atoms with E-state index in [0.29, 0.717) is 11.5 Å². The average Bonchev–Trinajstić information content (AvgIpc) is 3.04. The molecule has 2 aromatic carbocycles. The van der Waals surface area contributed by atoms with Gasteiger partial charge in [-0.15, -0.1) is 0 Å². The minimum Gasteiger partial charge on any atom is -0.744 e. The third kappa shape index (κ3) is 7.37. The van der Waals surface area contributed by atoms with Crippen LogP contribution in [0.4, 0.5) is 17.6 Å². The fourth-order valence-corrected chi connectivity index (χ4v) is 7.95. The summed E-state index contributed by atoms with van der Waals surface area (Å²) in [5.74, 6) is -13.4. The highest BCUT2D eigenvalue weighted by atomic mass is 32.2. The van der Waals surface area contributed by atoms with Gasteiger partial charge in [-0.2, -0.15) is 8.78 Å². The number of hydrogen-bond donors (Lipinski definition) is 0. The van der Waals surface area contributed by atoms with Gasteiger partial charge < -0.3 is 14.0 Å². The van der Waals surface area contributed by atoms with E-state index in [-0.39, 0.29) is 11.8 Å². The fraction of sp³-hybridized carbons (Fsp3) is 0.576. The van der Waals surface area contributed by atoms with Gasteiger partial charge in [0, 0.05) is 0 Å². The quantitative estimate of drug-likeness (QED) is 0.0932. The predicted octanol–water partition coefficient (Wildman–Crippen LogP) is 8.05. The van der Waals surface area contributed by atoms with E-state index in [1.54, 1.807) is 0 Å². The Morgan fingerprint density at radius 2 is 1.11 bits per heavy atom. The molecule has 246 valence electrons. The second kappa shape index (κ2) is 14.2. The first-order valence-electron chi connectivity index (χ1n) is 15.8. The lowest BCUT2D eigenvalue weighted by Crippen LogP contribution is -2.24. The average molecular weight is 654 g/mol. The summed E-state index contributed by atoms with van der Waals surface area (Å²) in [5, 5.41) is 0. The topological polar surface area (TPSA) is 110 Å². The van der Waals surface area contributed by atoms with Crippen LogP contribution in [-0.4, -0.2) is 31.5 Å². The largest absolute Gasteiger partial charge is 0.744 e. The van der Waals surface area contributed by atoms with Crippen molar-refractivity contribution in [1.82, 2.24) is 0 Å². The molecular weight excluding hydrogens is 616 g/mol. The third-order valence-electron chi connectivity index (χ3n) is 9.56. The van der Waals surface area contributed by atoms with Crippen LogP contribution in [0.15, 0.2) is 17.0 Å². The van der Waals surface area contributed by atoms with Crippen LogP contribution < -0.4 is 4.74 Å². The zero-order valence-corrected chi connectivity index (χ0v) is 25.8. The SMILES string of the molecule is O=C(COC(=O)c1c(C2CCCCC2)cc(C2CCCCC2)cc1C1CCCCC1)Oc1c(F)c(F)c(S(=O)(=O)[O-])c(F)c1F. The summed E-state index contributed by atoms with van der Waals surface area (Å²) in [6, 6.07) is 4.27. The van der Waals surface area contributed by atoms with E-state index >= 15 is 0 Å². The van der Waals surface area contributed by atoms with E-state index in [0.717, 1.165) is 101 Å². The number of rotatable bonds is 8. The van der Waals surface area contributed by atoms with Crippen molar-refractivity contribution in [1.29, 1.82) is 0 Å². The molecule has 0 N–H and O–H groups in total. The summed E-state index contributed by atoms with van der Waals surface area (Å²) < 4.78 is 100. The molecule has 0 aromatic heterocycles. The van der Waals surface area contributed by atoms with Gasteiger partial charge in [-0.25, -0.2) is 26.8 Å². The molecular formula is C33H37F4O7S-. The highest BCUT2D eigenvalue weighted by Gasteiger charge is 2.33. The molecule has 0 amide bonds. The van der Waals surface area contributed by atoms with Crippen LogP contribution in [0.2, 0.25) is 0 Å². The minimum absolute atomic E-state index is 0.129. The number of halogens is 4. The van der Waals surface area contributed by atoms with Crippen molar-refractivity contribution in [3.05, 3.63) is 57.7 Å². The number of carbonyl (C=O) groups is 2. The summed E-state index contributed by atoms with van der Waals surface area (Å²) in [6.45, 7) is -1.14. The zero-order chi connectivity index (χ0) is 32.3. The standard InChI is InChI=1S/C33H38F4O7S/c34-27-29(36)32(45(40,41)42)30(37)28(35)31(27)44-25(38)18-43-33(39)26-23(20-12-6-2-7-13-20)16-22(19-10-4-1-5-11-19)17-24(26)21-14-8-3-9-15-21/h16-17,19-21H,1-15,18H2,(H,40,41,42)/p-1. The molecule has 0 atom stereocenters. The van der Waals surface area contributed by atoms with Crippen molar-refractivity contribution in [2.45, 2.75) is 119 Å². The zero-order valence-electron chi connectivity index (χ0n) is 25.0. The number of ether oxygens (including phenoxy) is 2. The van der Waals surface area contributed by atoms with Crippen molar-refractivity contribution >= 4 is 22.1 Å². The van der Waals surface area contributed by atoms with Crippen LogP contribution >= 0.6 is 0 Å². The van der Waals surface area contributed by atoms with E-state index in [1.165, 1.54) is 12.0 Å². The first-order valence-corrected chi connectivity index (χ1v) is 17.3. The van der Waals surface area contributed by atoms with Gasteiger partial charge in [0.15, 0.2) is 18.2 Å². The molecule has 0 heterocycles. The monoisotopic (exact) mass is 653 g/mol. The Hall–Kier alpha value is -2.99. The third-order valence-corrected chi connectivity index (χ3v) is 10.4. The lowest BCUT2D eigenvalue weighted by atomic mass is 9.73. The van der Waals surface area contributed by atoms with Gasteiger partial charge in [0.25, 0.3) is 0 Å². The van der Waals surface area contributed by atoms with Gasteiger partial charge in [-0.3, -0.25) is 0 Å². The van der Waals surface area contributed by atoms with E-state index in [1.807, 2.05) is 0 Å². The molecule has 3 aliphatic rings. The molecule has 0 bridgehead atoms. The molecule has 0 unspecified atom stereocenters. The Morgan fingerprint density at radius 3 is 1.53 bits per heavy atom. The predicted molar refractivity (Wildman–Crippen MR) is 154 cm³/mol. The van der Waals surface area contributed by atoms with E-state index in [2.05, 4.69) is 16.9 Å². The molecule has 7 nitrogen and oxygen atoms in total. The van der Waals surface area contributed by atoms with E-state index < -0.39 is 62.6 Å². The Labute approximate surface area is 260 Å². The molecule has 0 radical (unpaired) electrons. The molecule has 0 aliphatic heterocycles. The maximum absolute atomic E-state index is 14.4. The van der Waals surface area contributed by atoms with Gasteiger partial charge in [0.2, 0.25) is 17.4 Å². The summed E-state index contributed by atoms with van der Waals surface area (Å²) in [6.07, 6.45) is 15.6. The minimum atomic E-state index is -5.93. The molecule has 3 fully saturated rings. The smallest absolute Gasteiger partial charge is 0.349 e. The lowest BCUT2D eigenvalue weighted by Gasteiger charge is -2.32. The van der Waals surface area contributed by atoms with Crippen LogP contribution in [0.5, 0.6) is 5.75 Å². The number of esters is 2. The van der Waals surface area contributed by atoms with Crippen LogP contribution in [0, 0.1) is 23.3 Å². The first-order chi connectivity index (χ1) is 21.5. The highest BCUT2D eigenvalue weighted by Crippen LogP contribution is 2.44. The van der Waals surface area contributed by atoms with Gasteiger partial charge in [0.05, 0.1) is 5.56 Å². The number of benzene rings is 2. The van der Waals surface area contributed by atoms with Crippen LogP contribution in [-0.2, 0) is 19.6 Å². The molecule has 0 spiro atoms. The Balaban J connectivity index is 1.45. The van der Waals surface area contributed by atoms with Gasteiger partial charge in [0.1, 0.15) is 15.0 Å². The molecule has 12 heteroatoms. The Bertz CT molecular complexity index is 1470. The van der Waals surface area contributed by atoms with Crippen molar-refractivity contribution in [2.24, 2.45) is 0 Å². The molecule has 3 saturated carbocycles. The van der Waals surface area contributed by atoms with Crippen molar-refractivity contribution in [3.8, 4) is 5.75 Å². The number of carbonyl (C=O) groups excluding carboxylic acids is 2. The maximum atomic E-state index is 14.4. The van der Waals surface area contributed by atoms with Crippen molar-refractivity contribution in [3.63, 3.8) is 0 Å². The van der Waals surface area contributed by atoms with Gasteiger partial charge in [-0.1, -0.05) is 69.9 Å². The Morgan fingerprint density at radius 1 is 0.689 bits per heavy atom. The molecule has 0 saturated heterocycles. The van der Waals surface area contributed by atoms with Gasteiger partial charge >= 0.3 is 11.9 Å². The van der Waals surface area contributed by atoms with E-state index in [9.17, 15) is 40.1 Å². The second-order valence-corrected chi connectivity index (χ2v) is 13.8. The normalized spacial score (nSPS) is 19.0. The molecule has 5 rings (SSSR count). The summed E-state index contributed by atoms with van der Waals surface area (Å²) in [7, 11) is -5.93. The highest BCUT2D eigenvalue weighted by molar-refractivity contribution is 7.85. The van der Waals surface area contributed by atoms with Crippen molar-refractivity contribution < 1.29 is 49.6 Å². The fourth-order valence-electron chi connectivity index (χ4n) is 7.33. The summed E-state index contributed by atoms with van der Waals surface area (Å²) >= 11 is 0. The first kappa shape index (κ1) is 33.4. The second-order valence-electron chi connectivity index (χ2n) is 12.5. The van der Waals surface area contributed by atoms with Gasteiger partial charge in [-0.05, 0) is 73.0 Å². The summed E-state index contributed by atoms with van der Waals surface area (Å²) in [4.78, 5) is 24.0. The maximum Gasteiger partial charge on any atom is 0.349 e. The lowest BCUT2D eigenvalue weighted by molar-refractivity contribution is -0.138. The Kier molecular flexibility index (Phi) is 10.5. The van der Waals surface area contributed by atoms with Crippen LogP contribution in [0.25, 0.3) is 0 Å². The molecule has 3 aliphatic carbocycles. The van der Waals surface area contributed by atoms with Crippen molar-refractivity contribution in [2.75, 3.05) is 6.61 Å². The van der Waals surface area contributed by atoms with E-state index in [4.69, 9.17) is 4.74 Å². The number of hydrogen-bond acceptors (Lipinski definition) is 7. The summed E-state index contributed by atoms with van der Waals surface area (Å²) in [5.41, 5.74) is 3.42. The van der Waals surface area contributed by atoms with Crippen LogP contribution in [0.3, 0.4) is 0 Å². The van der Waals surface area contributed by atoms with Crippen LogP contribution in [0.1, 0.15) is 141 Å². The molecule has 2 aromatic rings. The molecule has 45 heavy (non-hydrogen) atoms.